The maximum atomic E-state index is 12.3. The first-order chi connectivity index (χ1) is 12.4. The van der Waals surface area contributed by atoms with E-state index in [4.69, 9.17) is 9.26 Å². The monoisotopic (exact) mass is 379 g/mol. The van der Waals surface area contributed by atoms with Gasteiger partial charge < -0.3 is 14.6 Å². The molecule has 1 fully saturated rings. The number of aryl methyl sites for hydroxylation is 1. The van der Waals surface area contributed by atoms with Crippen LogP contribution < -0.4 is 10.0 Å². The molecular formula is C17H21N3O5S. The molecule has 0 radical (unpaired) electrons. The van der Waals surface area contributed by atoms with Crippen LogP contribution in [0.4, 0.5) is 0 Å². The Balaban J connectivity index is 1.57. The Bertz CT molecular complexity index is 855. The summed E-state index contributed by atoms with van der Waals surface area (Å²) in [5.41, 5.74) is 0.983. The molecule has 2 N–H and O–H groups in total. The van der Waals surface area contributed by atoms with Gasteiger partial charge in [0.1, 0.15) is 11.5 Å². The highest BCUT2D eigenvalue weighted by atomic mass is 32.2. The number of hydrogen-bond acceptors (Lipinski definition) is 6. The molecule has 0 aliphatic carbocycles. The fourth-order valence-corrected chi connectivity index (χ4v) is 3.72. The first kappa shape index (κ1) is 18.6. The Kier molecular flexibility index (Phi) is 5.70. The quantitative estimate of drug-likeness (QED) is 0.752. The van der Waals surface area contributed by atoms with Crippen molar-refractivity contribution in [2.75, 3.05) is 13.2 Å². The summed E-state index contributed by atoms with van der Waals surface area (Å²) in [6.45, 7) is 2.93. The Hall–Kier alpha value is -2.23. The van der Waals surface area contributed by atoms with Crippen molar-refractivity contribution in [1.29, 1.82) is 0 Å². The van der Waals surface area contributed by atoms with Gasteiger partial charge in [0.25, 0.3) is 5.91 Å². The van der Waals surface area contributed by atoms with Gasteiger partial charge in [0.05, 0.1) is 17.5 Å². The topological polar surface area (TPSA) is 111 Å². The number of hydrogen-bond donors (Lipinski definition) is 2. The van der Waals surface area contributed by atoms with Gasteiger partial charge in [-0.1, -0.05) is 5.16 Å². The summed E-state index contributed by atoms with van der Waals surface area (Å²) in [6, 6.07) is 7.50. The summed E-state index contributed by atoms with van der Waals surface area (Å²) in [7, 11) is -3.63. The lowest BCUT2D eigenvalue weighted by molar-refractivity contribution is 0.0950. The molecular weight excluding hydrogens is 358 g/mol. The fourth-order valence-electron chi connectivity index (χ4n) is 2.65. The Labute approximate surface area is 152 Å². The van der Waals surface area contributed by atoms with E-state index in [1.807, 2.05) is 0 Å². The number of carbonyl (C=O) groups is 1. The van der Waals surface area contributed by atoms with Crippen LogP contribution in [0.2, 0.25) is 0 Å². The summed E-state index contributed by atoms with van der Waals surface area (Å²) < 4.78 is 37.5. The highest BCUT2D eigenvalue weighted by molar-refractivity contribution is 7.89. The number of aromatic nitrogens is 1. The number of rotatable bonds is 7. The van der Waals surface area contributed by atoms with Crippen LogP contribution in [-0.4, -0.2) is 38.7 Å². The second-order valence-corrected chi connectivity index (χ2v) is 7.89. The van der Waals surface area contributed by atoms with Gasteiger partial charge in [0, 0.05) is 24.8 Å². The van der Waals surface area contributed by atoms with Crippen molar-refractivity contribution in [2.45, 2.75) is 37.3 Å². The maximum absolute atomic E-state index is 12.3. The average molecular weight is 379 g/mol. The third kappa shape index (κ3) is 4.69. The van der Waals surface area contributed by atoms with E-state index < -0.39 is 10.0 Å². The minimum Gasteiger partial charge on any atom is -0.377 e. The van der Waals surface area contributed by atoms with Gasteiger partial charge in [-0.2, -0.15) is 0 Å². The lowest BCUT2D eigenvalue weighted by Gasteiger charge is -2.11. The molecule has 1 aliphatic heterocycles. The fraction of sp³-hybridized carbons (Fsp3) is 0.412. The Morgan fingerprint density at radius 1 is 1.31 bits per heavy atom. The van der Waals surface area contributed by atoms with Crippen LogP contribution >= 0.6 is 0 Å². The van der Waals surface area contributed by atoms with Gasteiger partial charge in [0.15, 0.2) is 0 Å². The molecule has 1 aromatic carbocycles. The van der Waals surface area contributed by atoms with E-state index in [1.165, 1.54) is 24.3 Å². The zero-order valence-electron chi connectivity index (χ0n) is 14.4. The third-order valence-electron chi connectivity index (χ3n) is 4.06. The minimum atomic E-state index is -3.63. The van der Waals surface area contributed by atoms with Crippen LogP contribution in [0.3, 0.4) is 0 Å². The molecule has 3 rings (SSSR count). The van der Waals surface area contributed by atoms with Gasteiger partial charge in [-0.3, -0.25) is 4.79 Å². The van der Waals surface area contributed by atoms with Gasteiger partial charge >= 0.3 is 0 Å². The smallest absolute Gasteiger partial charge is 0.251 e. The number of nitrogens with zero attached hydrogens (tertiary/aromatic N) is 1. The molecule has 0 bridgehead atoms. The predicted molar refractivity (Wildman–Crippen MR) is 93.0 cm³/mol. The first-order valence-electron chi connectivity index (χ1n) is 8.36. The minimum absolute atomic E-state index is 0.0741. The second-order valence-electron chi connectivity index (χ2n) is 6.12. The zero-order valence-corrected chi connectivity index (χ0v) is 15.2. The summed E-state index contributed by atoms with van der Waals surface area (Å²) in [6.07, 6.45) is 1.73. The standard InChI is InChI=1S/C17H21N3O5S/c1-12-9-14(20-25-12)10-18-17(21)13-4-6-16(7-5-13)26(22,23)19-11-15-3-2-8-24-15/h4-7,9,15,19H,2-3,8,10-11H2,1H3,(H,18,21). The first-order valence-corrected chi connectivity index (χ1v) is 9.84. The average Bonchev–Trinajstić information content (AvgIpc) is 3.30. The highest BCUT2D eigenvalue weighted by Gasteiger charge is 2.20. The maximum Gasteiger partial charge on any atom is 0.251 e. The predicted octanol–water partition coefficient (Wildman–Crippen LogP) is 1.37. The molecule has 140 valence electrons. The Morgan fingerprint density at radius 2 is 2.08 bits per heavy atom. The van der Waals surface area contributed by atoms with Crippen molar-refractivity contribution in [3.63, 3.8) is 0 Å². The molecule has 0 spiro atoms. The van der Waals surface area contributed by atoms with E-state index >= 15 is 0 Å². The molecule has 1 atom stereocenters. The largest absolute Gasteiger partial charge is 0.377 e. The number of nitrogens with one attached hydrogen (secondary N) is 2. The molecule has 9 heteroatoms. The molecule has 1 unspecified atom stereocenters. The number of carbonyl (C=O) groups excluding carboxylic acids is 1. The molecule has 1 aromatic heterocycles. The van der Waals surface area contributed by atoms with Crippen molar-refractivity contribution in [2.24, 2.45) is 0 Å². The summed E-state index contributed by atoms with van der Waals surface area (Å²) >= 11 is 0. The molecule has 0 saturated carbocycles. The van der Waals surface area contributed by atoms with Crippen LogP contribution in [0.25, 0.3) is 0 Å². The van der Waals surface area contributed by atoms with Crippen LogP contribution in [0.15, 0.2) is 39.8 Å². The van der Waals surface area contributed by atoms with Crippen LogP contribution in [0.1, 0.15) is 34.7 Å². The zero-order chi connectivity index (χ0) is 18.6. The van der Waals surface area contributed by atoms with E-state index in [2.05, 4.69) is 15.2 Å². The molecule has 2 aromatic rings. The highest BCUT2D eigenvalue weighted by Crippen LogP contribution is 2.14. The summed E-state index contributed by atoms with van der Waals surface area (Å²) in [4.78, 5) is 12.2. The number of amides is 1. The number of sulfonamides is 1. The normalized spacial score (nSPS) is 17.3. The molecule has 1 amide bonds. The van der Waals surface area contributed by atoms with E-state index in [-0.39, 0.29) is 30.0 Å². The molecule has 26 heavy (non-hydrogen) atoms. The van der Waals surface area contributed by atoms with Gasteiger partial charge in [-0.15, -0.1) is 0 Å². The molecule has 1 saturated heterocycles. The molecule has 8 nitrogen and oxygen atoms in total. The van der Waals surface area contributed by atoms with Gasteiger partial charge in [-0.05, 0) is 44.0 Å². The second kappa shape index (κ2) is 7.98. The number of benzene rings is 1. The van der Waals surface area contributed by atoms with Crippen LogP contribution in [0, 0.1) is 6.92 Å². The van der Waals surface area contributed by atoms with Crippen molar-refractivity contribution in [3.8, 4) is 0 Å². The SMILES string of the molecule is Cc1cc(CNC(=O)c2ccc(S(=O)(=O)NCC3CCCO3)cc2)no1. The Morgan fingerprint density at radius 3 is 2.69 bits per heavy atom. The van der Waals surface area contributed by atoms with E-state index in [9.17, 15) is 13.2 Å². The van der Waals surface area contributed by atoms with E-state index in [0.717, 1.165) is 12.8 Å². The lowest BCUT2D eigenvalue weighted by atomic mass is 10.2. The van der Waals surface area contributed by atoms with Crippen molar-refractivity contribution in [1.82, 2.24) is 15.2 Å². The molecule has 2 heterocycles. The van der Waals surface area contributed by atoms with Gasteiger partial charge in [-0.25, -0.2) is 13.1 Å². The van der Waals surface area contributed by atoms with E-state index in [1.54, 1.807) is 13.0 Å². The van der Waals surface area contributed by atoms with Crippen LogP contribution in [0.5, 0.6) is 0 Å². The third-order valence-corrected chi connectivity index (χ3v) is 5.50. The van der Waals surface area contributed by atoms with Crippen molar-refractivity contribution >= 4 is 15.9 Å². The van der Waals surface area contributed by atoms with E-state index in [0.29, 0.717) is 23.6 Å². The summed E-state index contributed by atoms with van der Waals surface area (Å²) in [5.74, 6) is 0.348. The summed E-state index contributed by atoms with van der Waals surface area (Å²) in [5, 5.41) is 6.50. The lowest BCUT2D eigenvalue weighted by Crippen LogP contribution is -2.31. The van der Waals surface area contributed by atoms with Crippen molar-refractivity contribution in [3.05, 3.63) is 47.3 Å². The van der Waals surface area contributed by atoms with Crippen molar-refractivity contribution < 1.29 is 22.5 Å². The number of ether oxygens (including phenoxy) is 1. The van der Waals surface area contributed by atoms with Crippen LogP contribution in [-0.2, 0) is 21.3 Å². The molecule has 1 aliphatic rings. The van der Waals surface area contributed by atoms with Gasteiger partial charge in [0.2, 0.25) is 10.0 Å².